The van der Waals surface area contributed by atoms with Crippen LogP contribution in [0, 0.1) is 11.8 Å². The average molecular weight is 348 g/mol. The lowest BCUT2D eigenvalue weighted by molar-refractivity contribution is -0.122. The fraction of sp³-hybridized carbons (Fsp3) is 0.650. The van der Waals surface area contributed by atoms with Crippen molar-refractivity contribution in [2.45, 2.75) is 58.5 Å². The summed E-state index contributed by atoms with van der Waals surface area (Å²) < 4.78 is 11.2. The highest BCUT2D eigenvalue weighted by molar-refractivity contribution is 5.76. The van der Waals surface area contributed by atoms with E-state index < -0.39 is 0 Å². The van der Waals surface area contributed by atoms with Gasteiger partial charge < -0.3 is 20.5 Å². The Kier molecular flexibility index (Phi) is 7.12. The van der Waals surface area contributed by atoms with Crippen LogP contribution in [0.2, 0.25) is 0 Å². The van der Waals surface area contributed by atoms with Crippen molar-refractivity contribution in [3.05, 3.63) is 23.8 Å². The van der Waals surface area contributed by atoms with Crippen molar-refractivity contribution in [1.82, 2.24) is 5.32 Å². The van der Waals surface area contributed by atoms with Crippen LogP contribution in [-0.2, 0) is 4.79 Å². The quantitative estimate of drug-likeness (QED) is 0.755. The van der Waals surface area contributed by atoms with Crippen LogP contribution in [0.4, 0.5) is 0 Å². The first-order valence-electron chi connectivity index (χ1n) is 9.26. The molecule has 0 aliphatic heterocycles. The Hall–Kier alpha value is -1.75. The molecule has 0 saturated heterocycles. The number of amides is 1. The van der Waals surface area contributed by atoms with Crippen LogP contribution in [0.3, 0.4) is 0 Å². The minimum Gasteiger partial charge on any atom is -0.493 e. The Bertz CT molecular complexity index is 574. The summed E-state index contributed by atoms with van der Waals surface area (Å²) >= 11 is 0. The molecule has 0 bridgehead atoms. The molecule has 1 fully saturated rings. The van der Waals surface area contributed by atoms with Gasteiger partial charge in [-0.15, -0.1) is 0 Å². The summed E-state index contributed by atoms with van der Waals surface area (Å²) in [6.07, 6.45) is 3.73. The number of hydrogen-bond donors (Lipinski definition) is 2. The van der Waals surface area contributed by atoms with Crippen molar-refractivity contribution >= 4 is 5.91 Å². The summed E-state index contributed by atoms with van der Waals surface area (Å²) in [6.45, 7) is 6.84. The Morgan fingerprint density at radius 1 is 1.28 bits per heavy atom. The Morgan fingerprint density at radius 2 is 2.04 bits per heavy atom. The van der Waals surface area contributed by atoms with Crippen LogP contribution in [0.15, 0.2) is 18.2 Å². The summed E-state index contributed by atoms with van der Waals surface area (Å²) in [7, 11) is 1.63. The number of carbonyl (C=O) groups is 1. The topological polar surface area (TPSA) is 73.6 Å². The molecule has 1 aromatic rings. The molecule has 5 heteroatoms. The van der Waals surface area contributed by atoms with E-state index in [0.29, 0.717) is 30.6 Å². The van der Waals surface area contributed by atoms with E-state index >= 15 is 0 Å². The van der Waals surface area contributed by atoms with Crippen LogP contribution in [0.1, 0.15) is 58.1 Å². The van der Waals surface area contributed by atoms with Gasteiger partial charge in [-0.2, -0.15) is 0 Å². The number of nitrogens with one attached hydrogen (secondary N) is 1. The molecule has 1 amide bonds. The Labute approximate surface area is 151 Å². The lowest BCUT2D eigenvalue weighted by atomic mass is 9.99. The summed E-state index contributed by atoms with van der Waals surface area (Å²) in [6, 6.07) is 5.90. The molecule has 25 heavy (non-hydrogen) atoms. The van der Waals surface area contributed by atoms with Crippen LogP contribution in [-0.4, -0.2) is 25.7 Å². The number of carbonyl (C=O) groups excluding carboxylic acids is 1. The van der Waals surface area contributed by atoms with Crippen LogP contribution >= 0.6 is 0 Å². The zero-order chi connectivity index (χ0) is 18.4. The largest absolute Gasteiger partial charge is 0.493 e. The Morgan fingerprint density at radius 3 is 2.64 bits per heavy atom. The summed E-state index contributed by atoms with van der Waals surface area (Å²) in [5, 5.41) is 3.07. The molecule has 1 saturated carbocycles. The minimum absolute atomic E-state index is 0.0638. The molecule has 0 spiro atoms. The standard InChI is InChI=1S/C20H32N2O3/c1-13(2)12-25-18-9-8-15(10-19(18)24-4)14(3)22-20(23)11-16-6-5-7-17(16)21/h8-10,13-14,16-17H,5-7,11-12,21H2,1-4H3,(H,22,23)/t14?,16-,17+/m0/s1. The molecule has 140 valence electrons. The monoisotopic (exact) mass is 348 g/mol. The molecule has 0 heterocycles. The van der Waals surface area contributed by atoms with E-state index in [9.17, 15) is 4.79 Å². The number of hydrogen-bond acceptors (Lipinski definition) is 4. The average Bonchev–Trinajstić information content (AvgIpc) is 2.97. The van der Waals surface area contributed by atoms with Gasteiger partial charge in [0.1, 0.15) is 0 Å². The zero-order valence-corrected chi connectivity index (χ0v) is 15.9. The van der Waals surface area contributed by atoms with Gasteiger partial charge in [0.05, 0.1) is 19.8 Å². The molecule has 3 atom stereocenters. The first-order chi connectivity index (χ1) is 11.9. The van der Waals surface area contributed by atoms with Crippen LogP contribution in [0.25, 0.3) is 0 Å². The van der Waals surface area contributed by atoms with E-state index in [1.807, 2.05) is 25.1 Å². The minimum atomic E-state index is -0.0850. The fourth-order valence-electron chi connectivity index (χ4n) is 3.27. The maximum Gasteiger partial charge on any atom is 0.220 e. The maximum atomic E-state index is 12.3. The van der Waals surface area contributed by atoms with Gasteiger partial charge in [-0.05, 0) is 49.3 Å². The Balaban J connectivity index is 1.96. The summed E-state index contributed by atoms with van der Waals surface area (Å²) in [5.41, 5.74) is 7.06. The third-order valence-corrected chi connectivity index (χ3v) is 4.80. The first-order valence-corrected chi connectivity index (χ1v) is 9.26. The number of nitrogens with two attached hydrogens (primary N) is 1. The second kappa shape index (κ2) is 9.09. The maximum absolute atomic E-state index is 12.3. The fourth-order valence-corrected chi connectivity index (χ4v) is 3.27. The predicted molar refractivity (Wildman–Crippen MR) is 99.8 cm³/mol. The molecule has 1 unspecified atom stereocenters. The van der Waals surface area contributed by atoms with Gasteiger partial charge in [-0.3, -0.25) is 4.79 Å². The van der Waals surface area contributed by atoms with E-state index in [2.05, 4.69) is 19.2 Å². The van der Waals surface area contributed by atoms with Crippen molar-refractivity contribution in [2.24, 2.45) is 17.6 Å². The molecule has 0 radical (unpaired) electrons. The molecule has 1 aromatic carbocycles. The van der Waals surface area contributed by atoms with E-state index in [0.717, 1.165) is 30.6 Å². The van der Waals surface area contributed by atoms with Crippen molar-refractivity contribution in [1.29, 1.82) is 0 Å². The summed E-state index contributed by atoms with van der Waals surface area (Å²) in [4.78, 5) is 12.3. The lowest BCUT2D eigenvalue weighted by Gasteiger charge is -2.20. The molecular weight excluding hydrogens is 316 g/mol. The van der Waals surface area contributed by atoms with Gasteiger partial charge in [0.25, 0.3) is 0 Å². The SMILES string of the molecule is COc1cc(C(C)NC(=O)C[C@@H]2CCC[C@H]2N)ccc1OCC(C)C. The molecule has 5 nitrogen and oxygen atoms in total. The third-order valence-electron chi connectivity index (χ3n) is 4.80. The second-order valence-electron chi connectivity index (χ2n) is 7.46. The highest BCUT2D eigenvalue weighted by Crippen LogP contribution is 2.31. The zero-order valence-electron chi connectivity index (χ0n) is 15.9. The molecule has 1 aliphatic rings. The van der Waals surface area contributed by atoms with Crippen molar-refractivity contribution < 1.29 is 14.3 Å². The van der Waals surface area contributed by atoms with Gasteiger partial charge in [0.2, 0.25) is 5.91 Å². The van der Waals surface area contributed by atoms with E-state index in [1.54, 1.807) is 7.11 Å². The second-order valence-corrected chi connectivity index (χ2v) is 7.46. The van der Waals surface area contributed by atoms with Crippen LogP contribution < -0.4 is 20.5 Å². The van der Waals surface area contributed by atoms with E-state index in [4.69, 9.17) is 15.2 Å². The normalized spacial score (nSPS) is 21.2. The van der Waals surface area contributed by atoms with Crippen molar-refractivity contribution in [3.63, 3.8) is 0 Å². The number of methoxy groups -OCH3 is 1. The van der Waals surface area contributed by atoms with Gasteiger partial charge in [0, 0.05) is 12.5 Å². The van der Waals surface area contributed by atoms with Crippen molar-refractivity contribution in [3.8, 4) is 11.5 Å². The smallest absolute Gasteiger partial charge is 0.220 e. The van der Waals surface area contributed by atoms with Gasteiger partial charge in [-0.25, -0.2) is 0 Å². The van der Waals surface area contributed by atoms with Crippen molar-refractivity contribution in [2.75, 3.05) is 13.7 Å². The van der Waals surface area contributed by atoms with Gasteiger partial charge in [0.15, 0.2) is 11.5 Å². The highest BCUT2D eigenvalue weighted by atomic mass is 16.5. The number of rotatable bonds is 8. The van der Waals surface area contributed by atoms with E-state index in [-0.39, 0.29) is 18.0 Å². The highest BCUT2D eigenvalue weighted by Gasteiger charge is 2.26. The van der Waals surface area contributed by atoms with Gasteiger partial charge in [-0.1, -0.05) is 26.3 Å². The molecule has 1 aliphatic carbocycles. The van der Waals surface area contributed by atoms with E-state index in [1.165, 1.54) is 0 Å². The summed E-state index contributed by atoms with van der Waals surface area (Å²) in [5.74, 6) is 2.25. The lowest BCUT2D eigenvalue weighted by Crippen LogP contribution is -2.32. The molecule has 2 rings (SSSR count). The first kappa shape index (κ1) is 19.6. The molecular formula is C20H32N2O3. The molecule has 0 aromatic heterocycles. The van der Waals surface area contributed by atoms with Crippen LogP contribution in [0.5, 0.6) is 11.5 Å². The predicted octanol–water partition coefficient (Wildman–Crippen LogP) is 3.42. The number of benzene rings is 1. The third kappa shape index (κ3) is 5.63. The number of ether oxygens (including phenoxy) is 2. The van der Waals surface area contributed by atoms with Gasteiger partial charge >= 0.3 is 0 Å². The molecule has 3 N–H and O–H groups in total.